The Morgan fingerprint density at radius 3 is 2.67 bits per heavy atom. The summed E-state index contributed by atoms with van der Waals surface area (Å²) < 4.78 is 5.25. The summed E-state index contributed by atoms with van der Waals surface area (Å²) in [6.07, 6.45) is 6.37. The molecule has 2 aromatic rings. The molecule has 0 atom stereocenters. The van der Waals surface area contributed by atoms with Gasteiger partial charge in [-0.25, -0.2) is 9.69 Å². The molecule has 1 aliphatic rings. The van der Waals surface area contributed by atoms with E-state index in [1.54, 1.807) is 6.07 Å². The lowest BCUT2D eigenvalue weighted by Gasteiger charge is -2.26. The van der Waals surface area contributed by atoms with Crippen molar-refractivity contribution in [2.75, 3.05) is 11.5 Å². The van der Waals surface area contributed by atoms with E-state index in [2.05, 4.69) is 5.92 Å². The van der Waals surface area contributed by atoms with Crippen LogP contribution in [0.2, 0.25) is 5.02 Å². The molecule has 2 aromatic carbocycles. The largest absolute Gasteiger partial charge is 0.479 e. The topological polar surface area (TPSA) is 119 Å². The quantitative estimate of drug-likeness (QED) is 0.258. The van der Waals surface area contributed by atoms with E-state index in [1.165, 1.54) is 36.4 Å². The third-order valence-electron chi connectivity index (χ3n) is 3.98. The zero-order valence-corrected chi connectivity index (χ0v) is 15.9. The Bertz CT molecular complexity index is 1150. The van der Waals surface area contributed by atoms with E-state index in [1.807, 2.05) is 5.32 Å². The Kier molecular flexibility index (Phi) is 5.80. The van der Waals surface area contributed by atoms with E-state index in [0.717, 1.165) is 6.07 Å². The maximum atomic E-state index is 12.9. The lowest BCUT2D eigenvalue weighted by molar-refractivity contribution is -0.384. The SMILES string of the molecule is C#CCOc1ccc(/C=C2/C(=O)NC(=O)N(c3cccc([N+](=O)[O-])c3)C2=O)cc1Cl. The Morgan fingerprint density at radius 2 is 2.00 bits per heavy atom. The van der Waals surface area contributed by atoms with Crippen LogP contribution in [0.3, 0.4) is 0 Å². The molecule has 0 unspecified atom stereocenters. The number of nitrogens with one attached hydrogen (secondary N) is 1. The van der Waals surface area contributed by atoms with E-state index in [9.17, 15) is 24.5 Å². The number of imide groups is 2. The van der Waals surface area contributed by atoms with Crippen molar-refractivity contribution in [3.8, 4) is 18.1 Å². The van der Waals surface area contributed by atoms with Crippen LogP contribution in [0.15, 0.2) is 48.0 Å². The maximum Gasteiger partial charge on any atom is 0.335 e. The number of barbiturate groups is 1. The molecule has 1 fully saturated rings. The number of hydrogen-bond donors (Lipinski definition) is 1. The molecule has 9 nitrogen and oxygen atoms in total. The number of non-ortho nitro benzene ring substituents is 1. The molecule has 10 heteroatoms. The Morgan fingerprint density at radius 1 is 1.23 bits per heavy atom. The van der Waals surface area contributed by atoms with Gasteiger partial charge in [0.2, 0.25) is 0 Å². The highest BCUT2D eigenvalue weighted by molar-refractivity contribution is 6.39. The van der Waals surface area contributed by atoms with Crippen LogP contribution in [0.5, 0.6) is 5.75 Å². The predicted octanol–water partition coefficient (Wildman–Crippen LogP) is 2.93. The van der Waals surface area contributed by atoms with Crippen molar-refractivity contribution in [2.24, 2.45) is 0 Å². The van der Waals surface area contributed by atoms with Gasteiger partial charge in [-0.3, -0.25) is 25.0 Å². The van der Waals surface area contributed by atoms with Crippen molar-refractivity contribution in [3.05, 3.63) is 68.7 Å². The molecule has 30 heavy (non-hydrogen) atoms. The molecule has 0 spiro atoms. The maximum absolute atomic E-state index is 12.9. The van der Waals surface area contributed by atoms with Crippen molar-refractivity contribution < 1.29 is 24.0 Å². The summed E-state index contributed by atoms with van der Waals surface area (Å²) in [6.45, 7) is 0.0152. The van der Waals surface area contributed by atoms with Gasteiger partial charge in [-0.15, -0.1) is 6.42 Å². The third kappa shape index (κ3) is 4.14. The normalized spacial score (nSPS) is 15.0. The molecule has 0 bridgehead atoms. The van der Waals surface area contributed by atoms with Crippen molar-refractivity contribution in [2.45, 2.75) is 0 Å². The smallest absolute Gasteiger partial charge is 0.335 e. The highest BCUT2D eigenvalue weighted by atomic mass is 35.5. The van der Waals surface area contributed by atoms with E-state index in [0.29, 0.717) is 16.2 Å². The molecule has 0 aliphatic carbocycles. The number of hydrogen-bond acceptors (Lipinski definition) is 6. The molecule has 0 aromatic heterocycles. The molecule has 0 saturated carbocycles. The summed E-state index contributed by atoms with van der Waals surface area (Å²) >= 11 is 6.11. The van der Waals surface area contributed by atoms with E-state index >= 15 is 0 Å². The number of urea groups is 1. The van der Waals surface area contributed by atoms with E-state index in [4.69, 9.17) is 22.8 Å². The number of ether oxygens (including phenoxy) is 1. The molecule has 1 aliphatic heterocycles. The zero-order valence-electron chi connectivity index (χ0n) is 15.1. The Balaban J connectivity index is 1.96. The number of nitrogens with zero attached hydrogens (tertiary/aromatic N) is 2. The molecular formula is C20H12ClN3O6. The van der Waals surface area contributed by atoms with E-state index < -0.39 is 22.8 Å². The van der Waals surface area contributed by atoms with Gasteiger partial charge >= 0.3 is 6.03 Å². The minimum Gasteiger partial charge on any atom is -0.479 e. The van der Waals surface area contributed by atoms with Crippen LogP contribution < -0.4 is 15.0 Å². The highest BCUT2D eigenvalue weighted by Gasteiger charge is 2.37. The van der Waals surface area contributed by atoms with Crippen LogP contribution in [-0.4, -0.2) is 29.4 Å². The van der Waals surface area contributed by atoms with Gasteiger partial charge in [0.15, 0.2) is 0 Å². The summed E-state index contributed by atoms with van der Waals surface area (Å²) in [4.78, 5) is 48.3. The van der Waals surface area contributed by atoms with Gasteiger partial charge in [0, 0.05) is 12.1 Å². The lowest BCUT2D eigenvalue weighted by Crippen LogP contribution is -2.54. The number of carbonyl (C=O) groups is 3. The van der Waals surface area contributed by atoms with Crippen LogP contribution >= 0.6 is 11.6 Å². The van der Waals surface area contributed by atoms with Crippen LogP contribution in [0.25, 0.3) is 6.08 Å². The lowest BCUT2D eigenvalue weighted by atomic mass is 10.1. The van der Waals surface area contributed by atoms with Crippen molar-refractivity contribution >= 4 is 46.9 Å². The number of benzene rings is 2. The average molecular weight is 426 g/mol. The van der Waals surface area contributed by atoms with Gasteiger partial charge in [0.05, 0.1) is 15.6 Å². The molecule has 150 valence electrons. The standard InChI is InChI=1S/C20H12ClN3O6/c1-2-8-30-17-7-6-12(10-16(17)21)9-15-18(25)22-20(27)23(19(15)26)13-4-3-5-14(11-13)24(28)29/h1,3-7,9-11H,8H2,(H,22,25,27)/b15-9-. The highest BCUT2D eigenvalue weighted by Crippen LogP contribution is 2.28. The number of rotatable bonds is 5. The number of nitro benzene ring substituents is 1. The van der Waals surface area contributed by atoms with Crippen LogP contribution in [0.1, 0.15) is 5.56 Å². The van der Waals surface area contributed by atoms with E-state index in [-0.39, 0.29) is 28.6 Å². The monoisotopic (exact) mass is 425 g/mol. The summed E-state index contributed by atoms with van der Waals surface area (Å²) in [7, 11) is 0. The number of amides is 4. The zero-order chi connectivity index (χ0) is 21.8. The predicted molar refractivity (Wildman–Crippen MR) is 108 cm³/mol. The van der Waals surface area contributed by atoms with Gasteiger partial charge in [-0.05, 0) is 29.8 Å². The number of anilines is 1. The van der Waals surface area contributed by atoms with Gasteiger partial charge in [0.25, 0.3) is 17.5 Å². The van der Waals surface area contributed by atoms with Crippen LogP contribution in [0, 0.1) is 22.5 Å². The fraction of sp³-hybridized carbons (Fsp3) is 0.0500. The van der Waals surface area contributed by atoms with Gasteiger partial charge in [0.1, 0.15) is 17.9 Å². The number of terminal acetylenes is 1. The van der Waals surface area contributed by atoms with Crippen molar-refractivity contribution in [3.63, 3.8) is 0 Å². The molecule has 1 heterocycles. The fourth-order valence-corrected chi connectivity index (χ4v) is 2.89. The molecule has 1 N–H and O–H groups in total. The summed E-state index contributed by atoms with van der Waals surface area (Å²) in [5.41, 5.74) is -0.333. The van der Waals surface area contributed by atoms with Gasteiger partial charge in [-0.2, -0.15) is 0 Å². The minimum absolute atomic E-state index is 0.0152. The Labute approximate surface area is 175 Å². The number of carbonyl (C=O) groups excluding carboxylic acids is 3. The second-order valence-corrected chi connectivity index (χ2v) is 6.32. The van der Waals surface area contributed by atoms with Crippen molar-refractivity contribution in [1.82, 2.24) is 5.32 Å². The second-order valence-electron chi connectivity index (χ2n) is 5.92. The molecular weight excluding hydrogens is 414 g/mol. The molecule has 1 saturated heterocycles. The Hall–Kier alpha value is -4.16. The summed E-state index contributed by atoms with van der Waals surface area (Å²) in [6, 6.07) is 8.42. The average Bonchev–Trinajstić information content (AvgIpc) is 2.70. The first-order valence-electron chi connectivity index (χ1n) is 8.33. The van der Waals surface area contributed by atoms with Gasteiger partial charge in [-0.1, -0.05) is 29.7 Å². The third-order valence-corrected chi connectivity index (χ3v) is 4.27. The van der Waals surface area contributed by atoms with Crippen LogP contribution in [-0.2, 0) is 9.59 Å². The number of halogens is 1. The van der Waals surface area contributed by atoms with Crippen molar-refractivity contribution in [1.29, 1.82) is 0 Å². The second kappa shape index (κ2) is 8.46. The summed E-state index contributed by atoms with van der Waals surface area (Å²) in [5, 5.41) is 13.2. The molecule has 0 radical (unpaired) electrons. The fourth-order valence-electron chi connectivity index (χ4n) is 2.65. The minimum atomic E-state index is -1.02. The van der Waals surface area contributed by atoms with Crippen LogP contribution in [0.4, 0.5) is 16.2 Å². The first-order valence-corrected chi connectivity index (χ1v) is 8.71. The first-order chi connectivity index (χ1) is 14.3. The van der Waals surface area contributed by atoms with Gasteiger partial charge < -0.3 is 4.74 Å². The first kappa shape index (κ1) is 20.6. The molecule has 4 amide bonds. The molecule has 3 rings (SSSR count). The number of nitro groups is 1. The summed E-state index contributed by atoms with van der Waals surface area (Å²) in [5.74, 6) is 0.781.